The third-order valence-electron chi connectivity index (χ3n) is 2.83. The second-order valence-corrected chi connectivity index (χ2v) is 3.91. The van der Waals surface area contributed by atoms with Crippen LogP contribution < -0.4 is 5.32 Å². The third kappa shape index (κ3) is 2.56. The topological polar surface area (TPSA) is 12.0 Å². The van der Waals surface area contributed by atoms with Crippen molar-refractivity contribution in [1.82, 2.24) is 5.32 Å². The molecule has 0 spiro atoms. The summed E-state index contributed by atoms with van der Waals surface area (Å²) < 4.78 is 0. The molecule has 1 aromatic carbocycles. The molecule has 0 aromatic heterocycles. The highest BCUT2D eigenvalue weighted by Crippen LogP contribution is 2.25. The Morgan fingerprint density at radius 2 is 1.92 bits per heavy atom. The van der Waals surface area contributed by atoms with Crippen molar-refractivity contribution in [2.75, 3.05) is 6.54 Å². The first-order valence-electron chi connectivity index (χ1n) is 5.20. The van der Waals surface area contributed by atoms with Gasteiger partial charge in [0, 0.05) is 6.54 Å². The largest absolute Gasteiger partial charge is 0.312 e. The van der Waals surface area contributed by atoms with Gasteiger partial charge in [-0.2, -0.15) is 0 Å². The van der Waals surface area contributed by atoms with Gasteiger partial charge in [-0.15, -0.1) is 0 Å². The predicted molar refractivity (Wildman–Crippen MR) is 55.5 cm³/mol. The normalized spacial score (nSPS) is 16.9. The average molecular weight is 175 g/mol. The Labute approximate surface area is 80.2 Å². The first-order chi connectivity index (χ1) is 6.45. The van der Waals surface area contributed by atoms with Crippen LogP contribution in [-0.4, -0.2) is 6.54 Å². The van der Waals surface area contributed by atoms with Gasteiger partial charge < -0.3 is 5.32 Å². The molecule has 0 atom stereocenters. The van der Waals surface area contributed by atoms with Gasteiger partial charge in [0.15, 0.2) is 0 Å². The maximum absolute atomic E-state index is 3.50. The standard InChI is InChI=1S/C12H17N/c1-2-5-11(6-3-1)9-13-10-12-7-4-8-12/h1-3,5-6,12-13H,4,7-10H2. The fourth-order valence-corrected chi connectivity index (χ4v) is 1.71. The van der Waals surface area contributed by atoms with Crippen molar-refractivity contribution in [3.8, 4) is 0 Å². The van der Waals surface area contributed by atoms with Crippen molar-refractivity contribution in [3.05, 3.63) is 35.9 Å². The van der Waals surface area contributed by atoms with Gasteiger partial charge in [-0.3, -0.25) is 0 Å². The van der Waals surface area contributed by atoms with Crippen LogP contribution in [0.3, 0.4) is 0 Å². The molecular weight excluding hydrogens is 158 g/mol. The number of nitrogens with one attached hydrogen (secondary N) is 1. The van der Waals surface area contributed by atoms with E-state index in [0.717, 1.165) is 12.5 Å². The van der Waals surface area contributed by atoms with Crippen LogP contribution in [-0.2, 0) is 6.54 Å². The summed E-state index contributed by atoms with van der Waals surface area (Å²) in [5.74, 6) is 0.962. The van der Waals surface area contributed by atoms with Crippen LogP contribution in [0.4, 0.5) is 0 Å². The molecule has 1 N–H and O–H groups in total. The summed E-state index contributed by atoms with van der Waals surface area (Å²) in [7, 11) is 0. The summed E-state index contributed by atoms with van der Waals surface area (Å²) in [6.07, 6.45) is 4.31. The Bertz CT molecular complexity index is 239. The smallest absolute Gasteiger partial charge is 0.0205 e. The molecule has 0 saturated heterocycles. The van der Waals surface area contributed by atoms with E-state index in [0.29, 0.717) is 0 Å². The lowest BCUT2D eigenvalue weighted by molar-refractivity contribution is 0.301. The number of rotatable bonds is 4. The highest BCUT2D eigenvalue weighted by molar-refractivity contribution is 5.14. The van der Waals surface area contributed by atoms with E-state index in [1.54, 1.807) is 0 Å². The number of hydrogen-bond acceptors (Lipinski definition) is 1. The van der Waals surface area contributed by atoms with E-state index in [1.165, 1.54) is 31.4 Å². The van der Waals surface area contributed by atoms with Crippen molar-refractivity contribution >= 4 is 0 Å². The highest BCUT2D eigenvalue weighted by atomic mass is 14.9. The van der Waals surface area contributed by atoms with E-state index in [4.69, 9.17) is 0 Å². The molecule has 1 aromatic rings. The molecule has 1 aliphatic rings. The molecule has 1 heteroatoms. The van der Waals surface area contributed by atoms with Crippen molar-refractivity contribution < 1.29 is 0 Å². The van der Waals surface area contributed by atoms with Gasteiger partial charge in [0.2, 0.25) is 0 Å². The van der Waals surface area contributed by atoms with Gasteiger partial charge in [-0.25, -0.2) is 0 Å². The van der Waals surface area contributed by atoms with E-state index in [2.05, 4.69) is 35.6 Å². The van der Waals surface area contributed by atoms with Gasteiger partial charge in [0.25, 0.3) is 0 Å². The molecule has 1 nitrogen and oxygen atoms in total. The Morgan fingerprint density at radius 1 is 1.15 bits per heavy atom. The Morgan fingerprint density at radius 3 is 2.54 bits per heavy atom. The van der Waals surface area contributed by atoms with Crippen LogP contribution in [0, 0.1) is 5.92 Å². The fourth-order valence-electron chi connectivity index (χ4n) is 1.71. The Kier molecular flexibility index (Phi) is 2.98. The maximum Gasteiger partial charge on any atom is 0.0205 e. The van der Waals surface area contributed by atoms with Gasteiger partial charge in [-0.1, -0.05) is 36.8 Å². The summed E-state index contributed by atoms with van der Waals surface area (Å²) in [5, 5.41) is 3.50. The zero-order valence-electron chi connectivity index (χ0n) is 8.00. The first kappa shape index (κ1) is 8.76. The van der Waals surface area contributed by atoms with Gasteiger partial charge in [-0.05, 0) is 30.9 Å². The zero-order chi connectivity index (χ0) is 8.93. The van der Waals surface area contributed by atoms with Crippen molar-refractivity contribution in [2.45, 2.75) is 25.8 Å². The lowest BCUT2D eigenvalue weighted by atomic mass is 9.85. The summed E-state index contributed by atoms with van der Waals surface area (Å²) >= 11 is 0. The molecule has 70 valence electrons. The van der Waals surface area contributed by atoms with Crippen molar-refractivity contribution in [3.63, 3.8) is 0 Å². The average Bonchev–Trinajstić information content (AvgIpc) is 2.11. The second-order valence-electron chi connectivity index (χ2n) is 3.91. The van der Waals surface area contributed by atoms with E-state index < -0.39 is 0 Å². The molecular formula is C12H17N. The molecule has 0 aliphatic heterocycles. The van der Waals surface area contributed by atoms with Crippen molar-refractivity contribution in [1.29, 1.82) is 0 Å². The lowest BCUT2D eigenvalue weighted by Crippen LogP contribution is -2.26. The Hall–Kier alpha value is -0.820. The minimum Gasteiger partial charge on any atom is -0.312 e. The van der Waals surface area contributed by atoms with Crippen LogP contribution in [0.1, 0.15) is 24.8 Å². The quantitative estimate of drug-likeness (QED) is 0.741. The molecule has 1 fully saturated rings. The molecule has 1 aliphatic carbocycles. The third-order valence-corrected chi connectivity index (χ3v) is 2.83. The van der Waals surface area contributed by atoms with E-state index in [-0.39, 0.29) is 0 Å². The second kappa shape index (κ2) is 4.43. The molecule has 1 saturated carbocycles. The zero-order valence-corrected chi connectivity index (χ0v) is 8.00. The van der Waals surface area contributed by atoms with Crippen LogP contribution in [0.5, 0.6) is 0 Å². The minimum absolute atomic E-state index is 0.962. The fraction of sp³-hybridized carbons (Fsp3) is 0.500. The lowest BCUT2D eigenvalue weighted by Gasteiger charge is -2.25. The molecule has 2 rings (SSSR count). The highest BCUT2D eigenvalue weighted by Gasteiger charge is 2.15. The van der Waals surface area contributed by atoms with E-state index in [9.17, 15) is 0 Å². The van der Waals surface area contributed by atoms with Crippen LogP contribution >= 0.6 is 0 Å². The Balaban J connectivity index is 1.67. The van der Waals surface area contributed by atoms with Gasteiger partial charge in [0.05, 0.1) is 0 Å². The summed E-state index contributed by atoms with van der Waals surface area (Å²) in [6, 6.07) is 10.6. The van der Waals surface area contributed by atoms with Crippen LogP contribution in [0.15, 0.2) is 30.3 Å². The molecule has 0 amide bonds. The first-order valence-corrected chi connectivity index (χ1v) is 5.20. The summed E-state index contributed by atoms with van der Waals surface area (Å²) in [5.41, 5.74) is 1.39. The summed E-state index contributed by atoms with van der Waals surface area (Å²) in [6.45, 7) is 2.23. The molecule has 0 unspecified atom stereocenters. The van der Waals surface area contributed by atoms with Crippen LogP contribution in [0.25, 0.3) is 0 Å². The predicted octanol–water partition coefficient (Wildman–Crippen LogP) is 2.58. The maximum atomic E-state index is 3.50. The monoisotopic (exact) mass is 175 g/mol. The molecule has 0 heterocycles. The van der Waals surface area contributed by atoms with E-state index in [1.807, 2.05) is 0 Å². The van der Waals surface area contributed by atoms with Crippen LogP contribution in [0.2, 0.25) is 0 Å². The molecule has 0 bridgehead atoms. The van der Waals surface area contributed by atoms with Gasteiger partial charge in [0.1, 0.15) is 0 Å². The minimum atomic E-state index is 0.962. The SMILES string of the molecule is c1ccc(CNCC2CCC2)cc1. The summed E-state index contributed by atoms with van der Waals surface area (Å²) in [4.78, 5) is 0. The number of hydrogen-bond donors (Lipinski definition) is 1. The van der Waals surface area contributed by atoms with Gasteiger partial charge >= 0.3 is 0 Å². The molecule has 0 radical (unpaired) electrons. The molecule has 13 heavy (non-hydrogen) atoms. The van der Waals surface area contributed by atoms with E-state index >= 15 is 0 Å². The van der Waals surface area contributed by atoms with Crippen molar-refractivity contribution in [2.24, 2.45) is 5.92 Å². The number of benzene rings is 1.